The highest BCUT2D eigenvalue weighted by Gasteiger charge is 2.09. The van der Waals surface area contributed by atoms with Gasteiger partial charge in [-0.25, -0.2) is 9.97 Å². The van der Waals surface area contributed by atoms with E-state index in [0.29, 0.717) is 5.82 Å². The quantitative estimate of drug-likeness (QED) is 0.592. The van der Waals surface area contributed by atoms with Crippen molar-refractivity contribution in [3.8, 4) is 11.4 Å². The molecule has 0 aliphatic heterocycles. The number of anilines is 1. The van der Waals surface area contributed by atoms with E-state index in [1.807, 2.05) is 13.0 Å². The molecule has 0 amide bonds. The van der Waals surface area contributed by atoms with E-state index in [2.05, 4.69) is 34.2 Å². The van der Waals surface area contributed by atoms with Crippen molar-refractivity contribution in [2.75, 3.05) is 32.0 Å². The van der Waals surface area contributed by atoms with Crippen LogP contribution in [0, 0.1) is 10.1 Å². The van der Waals surface area contributed by atoms with Gasteiger partial charge in [-0.3, -0.25) is 10.1 Å². The van der Waals surface area contributed by atoms with Crippen molar-refractivity contribution in [1.29, 1.82) is 0 Å². The fourth-order valence-electron chi connectivity index (χ4n) is 2.16. The molecule has 7 heteroatoms. The zero-order valence-electron chi connectivity index (χ0n) is 14.3. The maximum absolute atomic E-state index is 10.8. The van der Waals surface area contributed by atoms with Gasteiger partial charge in [0, 0.05) is 42.5 Å². The van der Waals surface area contributed by atoms with E-state index in [-0.39, 0.29) is 5.69 Å². The Kier molecular flexibility index (Phi) is 6.20. The fraction of sp³-hybridized carbons (Fsp3) is 0.412. The van der Waals surface area contributed by atoms with Crippen molar-refractivity contribution in [3.63, 3.8) is 0 Å². The minimum absolute atomic E-state index is 0.0614. The first-order chi connectivity index (χ1) is 11.5. The van der Waals surface area contributed by atoms with Crippen LogP contribution in [0.2, 0.25) is 0 Å². The zero-order chi connectivity index (χ0) is 17.5. The monoisotopic (exact) mass is 329 g/mol. The molecular weight excluding hydrogens is 306 g/mol. The summed E-state index contributed by atoms with van der Waals surface area (Å²) in [5.74, 6) is 1.36. The molecule has 1 aromatic heterocycles. The predicted molar refractivity (Wildman–Crippen MR) is 95.2 cm³/mol. The maximum Gasteiger partial charge on any atom is 0.269 e. The predicted octanol–water partition coefficient (Wildman–Crippen LogP) is 2.98. The van der Waals surface area contributed by atoms with Crippen LogP contribution < -0.4 is 5.32 Å². The molecule has 0 atom stereocenters. The van der Waals surface area contributed by atoms with Gasteiger partial charge in [0.1, 0.15) is 5.82 Å². The number of aromatic nitrogens is 2. The van der Waals surface area contributed by atoms with E-state index in [0.717, 1.165) is 43.1 Å². The van der Waals surface area contributed by atoms with Crippen LogP contribution in [0.15, 0.2) is 30.3 Å². The lowest BCUT2D eigenvalue weighted by atomic mass is 10.2. The molecule has 7 nitrogen and oxygen atoms in total. The summed E-state index contributed by atoms with van der Waals surface area (Å²) in [7, 11) is 2.07. The number of nitrogens with one attached hydrogen (secondary N) is 1. The molecule has 0 spiro atoms. The lowest BCUT2D eigenvalue weighted by molar-refractivity contribution is -0.384. The fourth-order valence-corrected chi connectivity index (χ4v) is 2.16. The molecule has 128 valence electrons. The van der Waals surface area contributed by atoms with Crippen molar-refractivity contribution in [1.82, 2.24) is 14.9 Å². The van der Waals surface area contributed by atoms with Crippen molar-refractivity contribution in [3.05, 3.63) is 46.1 Å². The van der Waals surface area contributed by atoms with E-state index >= 15 is 0 Å². The van der Waals surface area contributed by atoms with Crippen molar-refractivity contribution >= 4 is 11.5 Å². The van der Waals surface area contributed by atoms with Gasteiger partial charge in [0.15, 0.2) is 5.82 Å². The summed E-state index contributed by atoms with van der Waals surface area (Å²) in [6.45, 7) is 6.88. The first-order valence-electron chi connectivity index (χ1n) is 8.08. The molecule has 0 bridgehead atoms. The number of nitro benzene ring substituents is 1. The normalized spacial score (nSPS) is 10.8. The first kappa shape index (κ1) is 17.8. The standard InChI is InChI=1S/C17H23N5O2/c1-4-14-12-16(18-10-11-21(3)5-2)20-17(19-14)13-6-8-15(9-7-13)22(23)24/h6-9,12H,4-5,10-11H2,1-3H3,(H,18,19,20). The van der Waals surface area contributed by atoms with Crippen LogP contribution in [0.5, 0.6) is 0 Å². The van der Waals surface area contributed by atoms with Crippen LogP contribution >= 0.6 is 0 Å². The number of hydrogen-bond donors (Lipinski definition) is 1. The molecule has 0 saturated carbocycles. The lowest BCUT2D eigenvalue weighted by Gasteiger charge is -2.15. The maximum atomic E-state index is 10.8. The molecule has 2 aromatic rings. The first-order valence-corrected chi connectivity index (χ1v) is 8.08. The summed E-state index contributed by atoms with van der Waals surface area (Å²) in [6, 6.07) is 8.26. The van der Waals surface area contributed by atoms with Crippen molar-refractivity contribution < 1.29 is 4.92 Å². The topological polar surface area (TPSA) is 84.2 Å². The highest BCUT2D eigenvalue weighted by molar-refractivity contribution is 5.59. The molecule has 0 aliphatic rings. The summed E-state index contributed by atoms with van der Waals surface area (Å²) in [4.78, 5) is 21.6. The van der Waals surface area contributed by atoms with Crippen LogP contribution in [0.4, 0.5) is 11.5 Å². The van der Waals surface area contributed by atoms with E-state index in [1.165, 1.54) is 12.1 Å². The van der Waals surface area contributed by atoms with Gasteiger partial charge in [0.05, 0.1) is 4.92 Å². The highest BCUT2D eigenvalue weighted by atomic mass is 16.6. The smallest absolute Gasteiger partial charge is 0.269 e. The molecule has 1 heterocycles. The molecule has 1 N–H and O–H groups in total. The molecule has 0 aliphatic carbocycles. The van der Waals surface area contributed by atoms with Crippen LogP contribution in [0.3, 0.4) is 0 Å². The summed E-state index contributed by atoms with van der Waals surface area (Å²) in [5, 5.41) is 14.1. The zero-order valence-corrected chi connectivity index (χ0v) is 14.3. The SMILES string of the molecule is CCc1cc(NCCN(C)CC)nc(-c2ccc([N+](=O)[O-])cc2)n1. The van der Waals surface area contributed by atoms with Crippen LogP contribution in [-0.2, 0) is 6.42 Å². The van der Waals surface area contributed by atoms with E-state index in [9.17, 15) is 10.1 Å². The number of benzene rings is 1. The molecule has 0 radical (unpaired) electrons. The van der Waals surface area contributed by atoms with E-state index < -0.39 is 4.92 Å². The van der Waals surface area contributed by atoms with Gasteiger partial charge in [0.25, 0.3) is 5.69 Å². The van der Waals surface area contributed by atoms with Gasteiger partial charge in [-0.1, -0.05) is 13.8 Å². The van der Waals surface area contributed by atoms with Crippen LogP contribution in [0.1, 0.15) is 19.5 Å². The Labute approximate surface area is 141 Å². The molecule has 1 aromatic carbocycles. The Morgan fingerprint density at radius 2 is 1.92 bits per heavy atom. The molecule has 24 heavy (non-hydrogen) atoms. The number of non-ortho nitro benzene ring substituents is 1. The third kappa shape index (κ3) is 4.73. The van der Waals surface area contributed by atoms with Gasteiger partial charge in [-0.2, -0.15) is 0 Å². The summed E-state index contributed by atoms with van der Waals surface area (Å²) < 4.78 is 0. The number of rotatable bonds is 8. The minimum atomic E-state index is -0.412. The van der Waals surface area contributed by atoms with Crippen molar-refractivity contribution in [2.24, 2.45) is 0 Å². The average Bonchev–Trinajstić information content (AvgIpc) is 2.61. The number of hydrogen-bond acceptors (Lipinski definition) is 6. The molecule has 2 rings (SSSR count). The molecule has 0 fully saturated rings. The Bertz CT molecular complexity index is 688. The van der Waals surface area contributed by atoms with Gasteiger partial charge < -0.3 is 10.2 Å². The van der Waals surface area contributed by atoms with Gasteiger partial charge in [-0.15, -0.1) is 0 Å². The van der Waals surface area contributed by atoms with E-state index in [1.54, 1.807) is 12.1 Å². The number of nitrogens with zero attached hydrogens (tertiary/aromatic N) is 4. The second-order valence-electron chi connectivity index (χ2n) is 5.55. The van der Waals surface area contributed by atoms with Gasteiger partial charge in [-0.05, 0) is 32.1 Å². The Morgan fingerprint density at radius 3 is 2.50 bits per heavy atom. The second-order valence-corrected chi connectivity index (χ2v) is 5.55. The average molecular weight is 329 g/mol. The second kappa shape index (κ2) is 8.35. The third-order valence-electron chi connectivity index (χ3n) is 3.82. The summed E-state index contributed by atoms with van der Waals surface area (Å²) in [6.07, 6.45) is 0.798. The number of likely N-dealkylation sites (N-methyl/N-ethyl adjacent to an activating group) is 1. The van der Waals surface area contributed by atoms with E-state index in [4.69, 9.17) is 0 Å². The van der Waals surface area contributed by atoms with Crippen LogP contribution in [0.25, 0.3) is 11.4 Å². The number of aryl methyl sites for hydroxylation is 1. The summed E-state index contributed by atoms with van der Waals surface area (Å²) >= 11 is 0. The van der Waals surface area contributed by atoms with Gasteiger partial charge in [0.2, 0.25) is 0 Å². The molecule has 0 saturated heterocycles. The van der Waals surface area contributed by atoms with Crippen molar-refractivity contribution in [2.45, 2.75) is 20.3 Å². The highest BCUT2D eigenvalue weighted by Crippen LogP contribution is 2.21. The van der Waals surface area contributed by atoms with Crippen LogP contribution in [-0.4, -0.2) is 46.5 Å². The van der Waals surface area contributed by atoms with Gasteiger partial charge >= 0.3 is 0 Å². The lowest BCUT2D eigenvalue weighted by Crippen LogP contribution is -2.25. The third-order valence-corrected chi connectivity index (χ3v) is 3.82. The summed E-state index contributed by atoms with van der Waals surface area (Å²) in [5.41, 5.74) is 1.76. The molecular formula is C17H23N5O2. The number of nitro groups is 1. The largest absolute Gasteiger partial charge is 0.369 e. The Hall–Kier alpha value is -2.54. The molecule has 0 unspecified atom stereocenters. The Balaban J connectivity index is 2.20. The minimum Gasteiger partial charge on any atom is -0.369 e. The Morgan fingerprint density at radius 1 is 1.21 bits per heavy atom.